The van der Waals surface area contributed by atoms with Crippen molar-refractivity contribution in [3.8, 4) is 11.8 Å². The van der Waals surface area contributed by atoms with Crippen molar-refractivity contribution in [3.05, 3.63) is 45.6 Å². The maximum absolute atomic E-state index is 13.9. The van der Waals surface area contributed by atoms with Crippen LogP contribution in [0.1, 0.15) is 26.4 Å². The minimum atomic E-state index is -0.671. The van der Waals surface area contributed by atoms with Gasteiger partial charge in [-0.3, -0.25) is 4.79 Å². The summed E-state index contributed by atoms with van der Waals surface area (Å²) in [6, 6.07) is 6.06. The molecule has 0 aliphatic rings. The molecule has 1 heterocycles. The number of hydrogen-bond acceptors (Lipinski definition) is 4. The number of methoxy groups -OCH3 is 1. The van der Waals surface area contributed by atoms with E-state index in [0.29, 0.717) is 16.3 Å². The second-order valence-electron chi connectivity index (χ2n) is 4.40. The fraction of sp³-hybridized carbons (Fsp3) is 0.200. The van der Waals surface area contributed by atoms with Gasteiger partial charge in [0.1, 0.15) is 22.6 Å². The first-order valence-corrected chi connectivity index (χ1v) is 6.94. The third-order valence-electron chi connectivity index (χ3n) is 3.15. The number of carbonyl (C=O) groups is 1. The molecule has 1 amide bonds. The van der Waals surface area contributed by atoms with Crippen LogP contribution < -0.4 is 10.1 Å². The minimum absolute atomic E-state index is 0.0941. The van der Waals surface area contributed by atoms with Crippen LogP contribution >= 0.6 is 11.3 Å². The van der Waals surface area contributed by atoms with Gasteiger partial charge in [0.05, 0.1) is 18.2 Å². The number of nitriles is 1. The van der Waals surface area contributed by atoms with Gasteiger partial charge in [-0.2, -0.15) is 5.26 Å². The second-order valence-corrected chi connectivity index (χ2v) is 5.62. The highest BCUT2D eigenvalue weighted by molar-refractivity contribution is 7.16. The summed E-state index contributed by atoms with van der Waals surface area (Å²) in [6.07, 6.45) is 0. The zero-order chi connectivity index (χ0) is 15.6. The summed E-state index contributed by atoms with van der Waals surface area (Å²) in [6.45, 7) is 3.68. The Bertz CT molecular complexity index is 747. The lowest BCUT2D eigenvalue weighted by molar-refractivity contribution is 0.102. The molecule has 1 N–H and O–H groups in total. The topological polar surface area (TPSA) is 62.1 Å². The summed E-state index contributed by atoms with van der Waals surface area (Å²) in [7, 11) is 1.42. The van der Waals surface area contributed by atoms with Gasteiger partial charge < -0.3 is 10.1 Å². The van der Waals surface area contributed by atoms with Gasteiger partial charge in [0, 0.05) is 10.9 Å². The lowest BCUT2D eigenvalue weighted by Gasteiger charge is -2.06. The third kappa shape index (κ3) is 2.88. The number of aryl methyl sites for hydroxylation is 1. The van der Waals surface area contributed by atoms with Crippen molar-refractivity contribution in [2.75, 3.05) is 12.4 Å². The summed E-state index contributed by atoms with van der Waals surface area (Å²) in [5.74, 6) is -0.923. The average Bonchev–Trinajstić information content (AvgIpc) is 2.72. The quantitative estimate of drug-likeness (QED) is 0.941. The van der Waals surface area contributed by atoms with Gasteiger partial charge in [-0.25, -0.2) is 4.39 Å². The van der Waals surface area contributed by atoms with Gasteiger partial charge in [-0.15, -0.1) is 11.3 Å². The van der Waals surface area contributed by atoms with E-state index >= 15 is 0 Å². The average molecular weight is 304 g/mol. The van der Waals surface area contributed by atoms with Crippen LogP contribution in [-0.4, -0.2) is 13.0 Å². The first-order valence-electron chi connectivity index (χ1n) is 6.13. The van der Waals surface area contributed by atoms with E-state index in [-0.39, 0.29) is 5.56 Å². The number of benzene rings is 1. The highest BCUT2D eigenvalue weighted by Crippen LogP contribution is 2.32. The molecule has 6 heteroatoms. The van der Waals surface area contributed by atoms with E-state index < -0.39 is 11.7 Å². The SMILES string of the molecule is COc1ccc(C(=O)Nc2sc(C)c(C)c2C#N)c(F)c1. The van der Waals surface area contributed by atoms with Crippen LogP contribution in [-0.2, 0) is 0 Å². The van der Waals surface area contributed by atoms with E-state index in [1.54, 1.807) is 0 Å². The lowest BCUT2D eigenvalue weighted by atomic mass is 10.1. The number of nitrogens with one attached hydrogen (secondary N) is 1. The van der Waals surface area contributed by atoms with E-state index in [1.807, 2.05) is 13.8 Å². The van der Waals surface area contributed by atoms with Crippen molar-refractivity contribution < 1.29 is 13.9 Å². The van der Waals surface area contributed by atoms with Crippen LogP contribution in [0, 0.1) is 31.0 Å². The van der Waals surface area contributed by atoms with Crippen molar-refractivity contribution in [1.82, 2.24) is 0 Å². The molecule has 0 spiro atoms. The zero-order valence-electron chi connectivity index (χ0n) is 11.8. The first-order chi connectivity index (χ1) is 9.97. The fourth-order valence-electron chi connectivity index (χ4n) is 1.83. The predicted molar refractivity (Wildman–Crippen MR) is 79.4 cm³/mol. The molecule has 0 unspecified atom stereocenters. The number of thiophene rings is 1. The zero-order valence-corrected chi connectivity index (χ0v) is 12.6. The summed E-state index contributed by atoms with van der Waals surface area (Å²) < 4.78 is 18.7. The molecule has 2 aromatic rings. The number of ether oxygens (including phenoxy) is 1. The van der Waals surface area contributed by atoms with Crippen LogP contribution in [0.15, 0.2) is 18.2 Å². The minimum Gasteiger partial charge on any atom is -0.497 e. The molecule has 0 bridgehead atoms. The molecule has 0 aliphatic carbocycles. The molecule has 2 rings (SSSR count). The normalized spacial score (nSPS) is 10.0. The van der Waals surface area contributed by atoms with E-state index in [1.165, 1.54) is 30.6 Å². The molecule has 0 fully saturated rings. The van der Waals surface area contributed by atoms with Crippen molar-refractivity contribution in [1.29, 1.82) is 5.26 Å². The third-order valence-corrected chi connectivity index (χ3v) is 4.27. The van der Waals surface area contributed by atoms with Gasteiger partial charge in [0.25, 0.3) is 5.91 Å². The van der Waals surface area contributed by atoms with Gasteiger partial charge in [0.15, 0.2) is 0 Å². The predicted octanol–water partition coefficient (Wildman–Crippen LogP) is 3.64. The molecular formula is C15H13FN2O2S. The van der Waals surface area contributed by atoms with Gasteiger partial charge in [0.2, 0.25) is 0 Å². The van der Waals surface area contributed by atoms with Crippen LogP contribution in [0.3, 0.4) is 0 Å². The number of rotatable bonds is 3. The molecule has 108 valence electrons. The Morgan fingerprint density at radius 1 is 1.43 bits per heavy atom. The number of halogens is 1. The number of anilines is 1. The van der Waals surface area contributed by atoms with Crippen molar-refractivity contribution >= 4 is 22.2 Å². The maximum Gasteiger partial charge on any atom is 0.259 e. The first kappa shape index (κ1) is 15.0. The molecule has 21 heavy (non-hydrogen) atoms. The maximum atomic E-state index is 13.9. The van der Waals surface area contributed by atoms with Crippen LogP contribution in [0.4, 0.5) is 9.39 Å². The Morgan fingerprint density at radius 3 is 2.71 bits per heavy atom. The molecule has 0 saturated heterocycles. The summed E-state index contributed by atoms with van der Waals surface area (Å²) >= 11 is 1.30. The molecule has 0 aliphatic heterocycles. The Labute approximate surface area is 125 Å². The monoisotopic (exact) mass is 304 g/mol. The Kier molecular flexibility index (Phi) is 4.24. The van der Waals surface area contributed by atoms with Gasteiger partial charge in [-0.05, 0) is 31.5 Å². The number of amides is 1. The summed E-state index contributed by atoms with van der Waals surface area (Å²) in [5.41, 5.74) is 1.15. The van der Waals surface area contributed by atoms with Gasteiger partial charge in [-0.1, -0.05) is 0 Å². The second kappa shape index (κ2) is 5.94. The largest absolute Gasteiger partial charge is 0.497 e. The number of carbonyl (C=O) groups excluding carboxylic acids is 1. The summed E-state index contributed by atoms with van der Waals surface area (Å²) in [4.78, 5) is 13.1. The van der Waals surface area contributed by atoms with Crippen molar-refractivity contribution in [2.24, 2.45) is 0 Å². The van der Waals surface area contributed by atoms with Crippen LogP contribution in [0.25, 0.3) is 0 Å². The standard InChI is InChI=1S/C15H13FN2O2S/c1-8-9(2)21-15(12(8)7-17)18-14(19)11-5-4-10(20-3)6-13(11)16/h4-6H,1-3H3,(H,18,19). The number of hydrogen-bond donors (Lipinski definition) is 1. The van der Waals surface area contributed by atoms with E-state index in [2.05, 4.69) is 11.4 Å². The Balaban J connectivity index is 2.31. The fourth-order valence-corrected chi connectivity index (χ4v) is 2.83. The Hall–Kier alpha value is -2.39. The molecule has 1 aromatic heterocycles. The highest BCUT2D eigenvalue weighted by Gasteiger charge is 2.18. The molecular weight excluding hydrogens is 291 g/mol. The number of nitrogens with zero attached hydrogens (tertiary/aromatic N) is 1. The molecule has 0 saturated carbocycles. The van der Waals surface area contributed by atoms with Crippen LogP contribution in [0.5, 0.6) is 5.75 Å². The van der Waals surface area contributed by atoms with Crippen LogP contribution in [0.2, 0.25) is 0 Å². The molecule has 1 aromatic carbocycles. The highest BCUT2D eigenvalue weighted by atomic mass is 32.1. The van der Waals surface area contributed by atoms with Crippen molar-refractivity contribution in [3.63, 3.8) is 0 Å². The van der Waals surface area contributed by atoms with E-state index in [0.717, 1.165) is 16.5 Å². The van der Waals surface area contributed by atoms with Crippen molar-refractivity contribution in [2.45, 2.75) is 13.8 Å². The van der Waals surface area contributed by atoms with E-state index in [9.17, 15) is 9.18 Å². The summed E-state index contributed by atoms with van der Waals surface area (Å²) in [5, 5.41) is 12.2. The molecule has 0 radical (unpaired) electrons. The molecule has 0 atom stereocenters. The smallest absolute Gasteiger partial charge is 0.259 e. The van der Waals surface area contributed by atoms with E-state index in [4.69, 9.17) is 10.00 Å². The Morgan fingerprint density at radius 2 is 2.14 bits per heavy atom. The van der Waals surface area contributed by atoms with Gasteiger partial charge >= 0.3 is 0 Å². The molecule has 4 nitrogen and oxygen atoms in total. The lowest BCUT2D eigenvalue weighted by Crippen LogP contribution is -2.13.